The summed E-state index contributed by atoms with van der Waals surface area (Å²) in [6, 6.07) is 0. The molecule has 0 saturated heterocycles. The minimum atomic E-state index is -5.00. The van der Waals surface area contributed by atoms with E-state index in [9.17, 15) is 43.2 Å². The van der Waals surface area contributed by atoms with E-state index in [2.05, 4.69) is 167 Å². The molecule has 0 aliphatic heterocycles. The fourth-order valence-electron chi connectivity index (χ4n) is 9.97. The highest BCUT2D eigenvalue weighted by molar-refractivity contribution is 7.47. The van der Waals surface area contributed by atoms with Gasteiger partial charge in [-0.25, -0.2) is 9.13 Å². The second kappa shape index (κ2) is 75.9. The molecule has 0 radical (unpaired) electrons. The molecule has 0 aromatic carbocycles. The number of aliphatic hydroxyl groups is 1. The molecule has 104 heavy (non-hydrogen) atoms. The summed E-state index contributed by atoms with van der Waals surface area (Å²) in [7, 11) is -10.00. The monoisotopic (exact) mass is 1490 g/mol. The van der Waals surface area contributed by atoms with Gasteiger partial charge in [0.1, 0.15) is 19.3 Å². The van der Waals surface area contributed by atoms with E-state index < -0.39 is 97.5 Å². The first kappa shape index (κ1) is 98.7. The van der Waals surface area contributed by atoms with Crippen molar-refractivity contribution in [3.8, 4) is 0 Å². The van der Waals surface area contributed by atoms with Gasteiger partial charge in [-0.1, -0.05) is 269 Å². The smallest absolute Gasteiger partial charge is 0.462 e. The molecule has 0 amide bonds. The number of carbonyl (C=O) groups excluding carboxylic acids is 4. The fourth-order valence-corrected chi connectivity index (χ4v) is 11.5. The Morgan fingerprint density at radius 1 is 0.279 bits per heavy atom. The maximum absolute atomic E-state index is 13.1. The van der Waals surface area contributed by atoms with Gasteiger partial charge in [0, 0.05) is 25.7 Å². The minimum Gasteiger partial charge on any atom is -0.462 e. The summed E-state index contributed by atoms with van der Waals surface area (Å²) in [5.41, 5.74) is 0. The van der Waals surface area contributed by atoms with Gasteiger partial charge in [0.15, 0.2) is 12.2 Å². The topological polar surface area (TPSA) is 237 Å². The molecule has 19 heteroatoms. The third kappa shape index (κ3) is 74.9. The Labute approximate surface area is 629 Å². The quantitative estimate of drug-likeness (QED) is 0.0169. The molecule has 3 N–H and O–H groups in total. The first-order valence-corrected chi connectivity index (χ1v) is 42.7. The van der Waals surface area contributed by atoms with Gasteiger partial charge in [-0.15, -0.1) is 0 Å². The first-order chi connectivity index (χ1) is 50.7. The van der Waals surface area contributed by atoms with Crippen LogP contribution in [0.2, 0.25) is 0 Å². The van der Waals surface area contributed by atoms with E-state index in [0.29, 0.717) is 32.1 Å². The highest BCUT2D eigenvalue weighted by atomic mass is 31.2. The van der Waals surface area contributed by atoms with Gasteiger partial charge in [0.2, 0.25) is 0 Å². The lowest BCUT2D eigenvalue weighted by molar-refractivity contribution is -0.161. The van der Waals surface area contributed by atoms with Crippen LogP contribution in [0.25, 0.3) is 0 Å². The average molecular weight is 1500 g/mol. The van der Waals surface area contributed by atoms with Gasteiger partial charge < -0.3 is 33.8 Å². The third-order valence-corrected chi connectivity index (χ3v) is 17.9. The van der Waals surface area contributed by atoms with Crippen LogP contribution < -0.4 is 0 Å². The zero-order valence-electron chi connectivity index (χ0n) is 64.6. The van der Waals surface area contributed by atoms with Crippen molar-refractivity contribution in [1.82, 2.24) is 0 Å². The van der Waals surface area contributed by atoms with Crippen molar-refractivity contribution in [3.05, 3.63) is 158 Å². The van der Waals surface area contributed by atoms with Crippen molar-refractivity contribution in [1.29, 1.82) is 0 Å². The summed E-state index contributed by atoms with van der Waals surface area (Å²) in [6.07, 6.45) is 88.1. The lowest BCUT2D eigenvalue weighted by atomic mass is 10.1. The Bertz CT molecular complexity index is 2590. The van der Waals surface area contributed by atoms with E-state index in [4.69, 9.17) is 37.0 Å². The second-order valence-electron chi connectivity index (χ2n) is 25.9. The van der Waals surface area contributed by atoms with Crippen LogP contribution in [0.3, 0.4) is 0 Å². The Balaban J connectivity index is 5.44. The van der Waals surface area contributed by atoms with Crippen molar-refractivity contribution in [2.24, 2.45) is 0 Å². The fraction of sp³-hybridized carbons (Fsp3) is 0.647. The number of hydrogen-bond donors (Lipinski definition) is 3. The molecule has 0 aliphatic rings. The zero-order valence-corrected chi connectivity index (χ0v) is 66.4. The van der Waals surface area contributed by atoms with E-state index in [0.717, 1.165) is 161 Å². The molecule has 0 rings (SSSR count). The molecule has 5 atom stereocenters. The second-order valence-corrected chi connectivity index (χ2v) is 28.8. The van der Waals surface area contributed by atoms with Crippen molar-refractivity contribution >= 4 is 39.5 Å². The largest absolute Gasteiger partial charge is 0.472 e. The molecule has 0 aromatic rings. The van der Waals surface area contributed by atoms with Gasteiger partial charge in [0.05, 0.1) is 26.4 Å². The molecule has 17 nitrogen and oxygen atoms in total. The molecule has 0 aliphatic carbocycles. The van der Waals surface area contributed by atoms with Crippen molar-refractivity contribution in [2.75, 3.05) is 39.6 Å². The van der Waals surface area contributed by atoms with Crippen LogP contribution in [0, 0.1) is 0 Å². The van der Waals surface area contributed by atoms with Gasteiger partial charge in [0.25, 0.3) is 0 Å². The Morgan fingerprint density at radius 2 is 0.519 bits per heavy atom. The Hall–Kier alpha value is -5.32. The van der Waals surface area contributed by atoms with Crippen LogP contribution in [0.1, 0.15) is 297 Å². The molecule has 0 saturated carbocycles. The van der Waals surface area contributed by atoms with Crippen LogP contribution in [-0.4, -0.2) is 96.7 Å². The third-order valence-electron chi connectivity index (χ3n) is 16.0. The predicted molar refractivity (Wildman–Crippen MR) is 427 cm³/mol. The zero-order chi connectivity index (χ0) is 76.0. The van der Waals surface area contributed by atoms with Gasteiger partial charge >= 0.3 is 39.5 Å². The number of phosphoric acid groups is 2. The number of rotatable bonds is 73. The van der Waals surface area contributed by atoms with E-state index in [-0.39, 0.29) is 25.7 Å². The first-order valence-electron chi connectivity index (χ1n) is 39.7. The SMILES string of the molecule is CC/C=C\C/C=C\C/C=C\C/C=C\C/C=C\C/C=C\CCC(=O)OCC(COP(=O)(O)OCC(O)COP(=O)(O)OCC(COC(=O)CCCCC/C=C\C/C=C\C/C=C\C/C=C\C/C=C\CC)OC(=O)CCCCCCC/C=C\CCCCCC)OC(=O)CCCCCCC/C=C\CCCCCC. The van der Waals surface area contributed by atoms with E-state index >= 15 is 0 Å². The molecular weight excluding hydrogens is 1350 g/mol. The van der Waals surface area contributed by atoms with Gasteiger partial charge in [-0.05, 0) is 161 Å². The number of esters is 4. The average Bonchev–Trinajstić information content (AvgIpc) is 0.913. The van der Waals surface area contributed by atoms with Gasteiger partial charge in [-0.2, -0.15) is 0 Å². The summed E-state index contributed by atoms with van der Waals surface area (Å²) in [6.45, 7) is 4.46. The van der Waals surface area contributed by atoms with Crippen molar-refractivity contribution in [2.45, 2.75) is 316 Å². The number of allylic oxidation sites excluding steroid dienone is 26. The minimum absolute atomic E-state index is 0.0299. The summed E-state index contributed by atoms with van der Waals surface area (Å²) in [4.78, 5) is 72.9. The lowest BCUT2D eigenvalue weighted by Gasteiger charge is -2.21. The van der Waals surface area contributed by atoms with Crippen LogP contribution in [-0.2, 0) is 65.4 Å². The van der Waals surface area contributed by atoms with Crippen LogP contribution in [0.5, 0.6) is 0 Å². The summed E-state index contributed by atoms with van der Waals surface area (Å²) in [5.74, 6) is -2.34. The van der Waals surface area contributed by atoms with E-state index in [1.165, 1.54) is 51.4 Å². The number of ether oxygens (including phenoxy) is 4. The van der Waals surface area contributed by atoms with Crippen LogP contribution >= 0.6 is 15.6 Å². The standard InChI is InChI=1S/C85H140O17P2/c1-5-9-13-17-21-25-29-33-35-37-39-41-43-47-49-53-57-61-65-69-82(87)95-75-80(101-84(89)71-67-63-59-55-51-45-31-27-23-19-15-11-7-3)77-99-103(91,92)97-73-79(86)74-98-104(93,94)100-78-81(102-85(90)72-68-64-60-56-52-46-32-28-24-20-16-12-8-4)76-96-83(88)70-66-62-58-54-50-48-44-42-40-38-36-34-30-26-22-18-14-10-6-2/h9-10,13-14,21-22,25-28,31-36,39-42,47-50,57,61,79-81,86H,5-8,11-12,15-20,23-24,29-30,37-38,43-46,51-56,58-60,62-78H2,1-4H3,(H,91,92)(H,93,94)/b13-9-,14-10-,25-21-,26-22-,31-27-,32-28-,35-33-,36-34-,41-39-,42-40-,49-47-,50-48-,61-57-. The summed E-state index contributed by atoms with van der Waals surface area (Å²) < 4.78 is 68.4. The van der Waals surface area contributed by atoms with Crippen molar-refractivity contribution in [3.63, 3.8) is 0 Å². The Kier molecular flexibility index (Phi) is 72.0. The number of hydrogen-bond acceptors (Lipinski definition) is 15. The summed E-state index contributed by atoms with van der Waals surface area (Å²) >= 11 is 0. The number of carbonyl (C=O) groups is 4. The highest BCUT2D eigenvalue weighted by Gasteiger charge is 2.30. The molecule has 5 unspecified atom stereocenters. The lowest BCUT2D eigenvalue weighted by Crippen LogP contribution is -2.30. The molecule has 592 valence electrons. The molecule has 0 spiro atoms. The van der Waals surface area contributed by atoms with Crippen LogP contribution in [0.15, 0.2) is 158 Å². The summed E-state index contributed by atoms with van der Waals surface area (Å²) in [5, 5.41) is 10.6. The molecule has 0 fully saturated rings. The predicted octanol–water partition coefficient (Wildman–Crippen LogP) is 23.2. The maximum Gasteiger partial charge on any atom is 0.472 e. The normalized spacial score (nSPS) is 14.7. The molecule has 0 heterocycles. The Morgan fingerprint density at radius 3 is 0.846 bits per heavy atom. The van der Waals surface area contributed by atoms with E-state index in [1.54, 1.807) is 0 Å². The van der Waals surface area contributed by atoms with Gasteiger partial charge in [-0.3, -0.25) is 37.3 Å². The van der Waals surface area contributed by atoms with Crippen LogP contribution in [0.4, 0.5) is 0 Å². The highest BCUT2D eigenvalue weighted by Crippen LogP contribution is 2.45. The number of unbranched alkanes of at least 4 members (excludes halogenated alkanes) is 21. The van der Waals surface area contributed by atoms with E-state index in [1.807, 2.05) is 18.2 Å². The number of aliphatic hydroxyl groups excluding tert-OH is 1. The molecular formula is C85H140O17P2. The maximum atomic E-state index is 13.1. The number of phosphoric ester groups is 2. The molecule has 0 bridgehead atoms. The van der Waals surface area contributed by atoms with Crippen molar-refractivity contribution < 1.29 is 80.2 Å². The molecule has 0 aromatic heterocycles.